The lowest BCUT2D eigenvalue weighted by Crippen LogP contribution is -2.16. The minimum absolute atomic E-state index is 0.0172. The first kappa shape index (κ1) is 19.2. The van der Waals surface area contributed by atoms with Crippen LogP contribution >= 0.6 is 23.4 Å². The van der Waals surface area contributed by atoms with E-state index in [4.69, 9.17) is 16.3 Å². The first-order valence-electron chi connectivity index (χ1n) is 7.62. The summed E-state index contributed by atoms with van der Waals surface area (Å²) in [5.74, 6) is 0.0948. The van der Waals surface area contributed by atoms with Crippen LogP contribution in [0.1, 0.15) is 19.2 Å². The average molecular weight is 384 g/mol. The molecule has 8 nitrogen and oxygen atoms in total. The van der Waals surface area contributed by atoms with Crippen LogP contribution in [0.3, 0.4) is 0 Å². The SMILES string of the molecule is CCCn1nnnc1COC(=O)CSCC(=O)Nc1ccc(Cl)cc1. The number of rotatable bonds is 9. The molecule has 25 heavy (non-hydrogen) atoms. The van der Waals surface area contributed by atoms with Crippen LogP contribution in [0.4, 0.5) is 5.69 Å². The number of nitrogens with one attached hydrogen (secondary N) is 1. The van der Waals surface area contributed by atoms with Crippen molar-refractivity contribution >= 4 is 40.9 Å². The molecule has 0 atom stereocenters. The summed E-state index contributed by atoms with van der Waals surface area (Å²) >= 11 is 6.95. The van der Waals surface area contributed by atoms with E-state index in [-0.39, 0.29) is 24.0 Å². The quantitative estimate of drug-likeness (QED) is 0.662. The second kappa shape index (κ2) is 10.00. The number of nitrogens with zero attached hydrogens (tertiary/aromatic N) is 4. The number of esters is 1. The van der Waals surface area contributed by atoms with Gasteiger partial charge in [-0.05, 0) is 41.1 Å². The standard InChI is InChI=1S/C15H18ClN5O3S/c1-2-7-21-13(18-19-20-21)8-24-15(23)10-25-9-14(22)17-12-5-3-11(16)4-6-12/h3-6H,2,7-10H2,1H3,(H,17,22). The number of tetrazole rings is 1. The Morgan fingerprint density at radius 1 is 1.28 bits per heavy atom. The van der Waals surface area contributed by atoms with Crippen molar-refractivity contribution in [1.29, 1.82) is 0 Å². The minimum atomic E-state index is -0.421. The fourth-order valence-corrected chi connectivity index (χ4v) is 2.59. The zero-order valence-electron chi connectivity index (χ0n) is 13.6. The van der Waals surface area contributed by atoms with E-state index in [1.165, 1.54) is 11.8 Å². The average Bonchev–Trinajstić information content (AvgIpc) is 3.03. The second-order valence-electron chi connectivity index (χ2n) is 5.03. The Labute approximate surface area is 154 Å². The third-order valence-corrected chi connectivity index (χ3v) is 4.14. The highest BCUT2D eigenvalue weighted by atomic mass is 35.5. The van der Waals surface area contributed by atoms with Gasteiger partial charge in [0.1, 0.15) is 0 Å². The minimum Gasteiger partial charge on any atom is -0.457 e. The zero-order valence-corrected chi connectivity index (χ0v) is 15.2. The summed E-state index contributed by atoms with van der Waals surface area (Å²) < 4.78 is 6.71. The molecule has 0 unspecified atom stereocenters. The molecule has 0 aliphatic heterocycles. The van der Waals surface area contributed by atoms with E-state index in [0.29, 0.717) is 23.1 Å². The number of hydrogen-bond donors (Lipinski definition) is 1. The number of aromatic nitrogens is 4. The number of carbonyl (C=O) groups excluding carboxylic acids is 2. The molecule has 1 N–H and O–H groups in total. The number of aryl methyl sites for hydroxylation is 1. The lowest BCUT2D eigenvalue weighted by Gasteiger charge is -2.06. The van der Waals surface area contributed by atoms with Crippen LogP contribution in [0, 0.1) is 0 Å². The molecule has 0 saturated heterocycles. The summed E-state index contributed by atoms with van der Waals surface area (Å²) in [4.78, 5) is 23.5. The van der Waals surface area contributed by atoms with Gasteiger partial charge in [0.15, 0.2) is 12.4 Å². The van der Waals surface area contributed by atoms with Gasteiger partial charge in [0.25, 0.3) is 0 Å². The van der Waals surface area contributed by atoms with Gasteiger partial charge in [0.05, 0.1) is 11.5 Å². The Hall–Kier alpha value is -2.13. The number of anilines is 1. The van der Waals surface area contributed by atoms with Crippen molar-refractivity contribution in [1.82, 2.24) is 20.2 Å². The van der Waals surface area contributed by atoms with Gasteiger partial charge in [0, 0.05) is 17.3 Å². The van der Waals surface area contributed by atoms with Crippen LogP contribution in [0.25, 0.3) is 0 Å². The molecule has 10 heteroatoms. The van der Waals surface area contributed by atoms with Crippen molar-refractivity contribution in [3.8, 4) is 0 Å². The van der Waals surface area contributed by atoms with Gasteiger partial charge >= 0.3 is 5.97 Å². The lowest BCUT2D eigenvalue weighted by atomic mass is 10.3. The Morgan fingerprint density at radius 2 is 2.04 bits per heavy atom. The van der Waals surface area contributed by atoms with Crippen molar-refractivity contribution < 1.29 is 14.3 Å². The Morgan fingerprint density at radius 3 is 2.76 bits per heavy atom. The van der Waals surface area contributed by atoms with Gasteiger partial charge < -0.3 is 10.1 Å². The highest BCUT2D eigenvalue weighted by molar-refractivity contribution is 8.00. The summed E-state index contributed by atoms with van der Waals surface area (Å²) in [5.41, 5.74) is 0.653. The fourth-order valence-electron chi connectivity index (χ4n) is 1.86. The van der Waals surface area contributed by atoms with Crippen molar-refractivity contribution in [3.63, 3.8) is 0 Å². The van der Waals surface area contributed by atoms with Crippen LogP contribution in [0.2, 0.25) is 5.02 Å². The van der Waals surface area contributed by atoms with Gasteiger partial charge in [-0.25, -0.2) is 4.68 Å². The van der Waals surface area contributed by atoms with E-state index in [2.05, 4.69) is 20.8 Å². The summed E-state index contributed by atoms with van der Waals surface area (Å²) in [6.45, 7) is 2.69. The molecule has 1 aromatic heterocycles. The number of ether oxygens (including phenoxy) is 1. The monoisotopic (exact) mass is 383 g/mol. The molecule has 2 rings (SSSR count). The van der Waals surface area contributed by atoms with Crippen LogP contribution in [0.15, 0.2) is 24.3 Å². The summed E-state index contributed by atoms with van der Waals surface area (Å²) in [7, 11) is 0. The summed E-state index contributed by atoms with van der Waals surface area (Å²) in [6.07, 6.45) is 0.880. The van der Waals surface area contributed by atoms with E-state index in [0.717, 1.165) is 6.42 Å². The van der Waals surface area contributed by atoms with Gasteiger partial charge in [0.2, 0.25) is 5.91 Å². The van der Waals surface area contributed by atoms with Gasteiger partial charge in [-0.2, -0.15) is 0 Å². The molecule has 0 bridgehead atoms. The molecular formula is C15H18ClN5O3S. The van der Waals surface area contributed by atoms with E-state index < -0.39 is 5.97 Å². The van der Waals surface area contributed by atoms with Gasteiger partial charge in [-0.3, -0.25) is 9.59 Å². The smallest absolute Gasteiger partial charge is 0.316 e. The third-order valence-electron chi connectivity index (χ3n) is 2.98. The Balaban J connectivity index is 1.65. The largest absolute Gasteiger partial charge is 0.457 e. The molecule has 0 fully saturated rings. The topological polar surface area (TPSA) is 99.0 Å². The molecule has 0 radical (unpaired) electrons. The number of benzene rings is 1. The maximum absolute atomic E-state index is 11.8. The van der Waals surface area contributed by atoms with Gasteiger partial charge in [-0.1, -0.05) is 18.5 Å². The third kappa shape index (κ3) is 6.71. The first-order valence-corrected chi connectivity index (χ1v) is 9.15. The number of carbonyl (C=O) groups is 2. The Bertz CT molecular complexity index is 707. The summed E-state index contributed by atoms with van der Waals surface area (Å²) in [5, 5.41) is 14.5. The van der Waals surface area contributed by atoms with E-state index in [1.54, 1.807) is 28.9 Å². The molecule has 0 spiro atoms. The molecular weight excluding hydrogens is 366 g/mol. The highest BCUT2D eigenvalue weighted by Gasteiger charge is 2.10. The predicted octanol–water partition coefficient (Wildman–Crippen LogP) is 2.15. The lowest BCUT2D eigenvalue weighted by molar-refractivity contribution is -0.142. The van der Waals surface area contributed by atoms with Crippen molar-refractivity contribution in [2.24, 2.45) is 0 Å². The number of thioether (sulfide) groups is 1. The molecule has 2 aromatic rings. The molecule has 0 aliphatic carbocycles. The van der Waals surface area contributed by atoms with Crippen LogP contribution < -0.4 is 5.32 Å². The maximum atomic E-state index is 11.8. The molecule has 1 heterocycles. The van der Waals surface area contributed by atoms with Crippen LogP contribution in [-0.4, -0.2) is 43.6 Å². The zero-order chi connectivity index (χ0) is 18.1. The second-order valence-corrected chi connectivity index (χ2v) is 6.45. The summed E-state index contributed by atoms with van der Waals surface area (Å²) in [6, 6.07) is 6.79. The number of amides is 1. The normalized spacial score (nSPS) is 10.5. The van der Waals surface area contributed by atoms with Gasteiger partial charge in [-0.15, -0.1) is 16.9 Å². The van der Waals surface area contributed by atoms with Crippen molar-refractivity contribution in [2.75, 3.05) is 16.8 Å². The molecule has 1 amide bonds. The molecule has 0 saturated carbocycles. The molecule has 134 valence electrons. The first-order chi connectivity index (χ1) is 12.1. The van der Waals surface area contributed by atoms with Crippen molar-refractivity contribution in [2.45, 2.75) is 26.5 Å². The Kier molecular flexibility index (Phi) is 7.68. The molecule has 0 aliphatic rings. The number of halogens is 1. The predicted molar refractivity (Wildman–Crippen MR) is 95.3 cm³/mol. The molecule has 1 aromatic carbocycles. The van der Waals surface area contributed by atoms with E-state index in [9.17, 15) is 9.59 Å². The number of hydrogen-bond acceptors (Lipinski definition) is 7. The van der Waals surface area contributed by atoms with E-state index >= 15 is 0 Å². The van der Waals surface area contributed by atoms with Crippen LogP contribution in [0.5, 0.6) is 0 Å². The highest BCUT2D eigenvalue weighted by Crippen LogP contribution is 2.14. The van der Waals surface area contributed by atoms with Crippen molar-refractivity contribution in [3.05, 3.63) is 35.1 Å². The van der Waals surface area contributed by atoms with Crippen LogP contribution in [-0.2, 0) is 27.5 Å². The maximum Gasteiger partial charge on any atom is 0.316 e. The fraction of sp³-hybridized carbons (Fsp3) is 0.400. The van der Waals surface area contributed by atoms with E-state index in [1.807, 2.05) is 6.92 Å².